The van der Waals surface area contributed by atoms with Crippen LogP contribution < -0.4 is 10.6 Å². The number of aromatic nitrogens is 1. The maximum Gasteiger partial charge on any atom is 0.222 e. The average molecular weight is 312 g/mol. The van der Waals surface area contributed by atoms with E-state index in [4.69, 9.17) is 5.73 Å². The summed E-state index contributed by atoms with van der Waals surface area (Å²) in [5.74, 6) is -0.314. The zero-order valence-corrected chi connectivity index (χ0v) is 13.2. The molecule has 0 saturated carbocycles. The fraction of sp³-hybridized carbons (Fsp3) is 0.389. The van der Waals surface area contributed by atoms with E-state index >= 15 is 0 Å². The van der Waals surface area contributed by atoms with Gasteiger partial charge in [-0.3, -0.25) is 4.90 Å². The molecule has 0 radical (unpaired) electrons. The lowest BCUT2D eigenvalue weighted by Gasteiger charge is -2.40. The number of nitrogens with two attached hydrogens (primary N) is 1. The molecule has 3 heterocycles. The molecule has 2 saturated heterocycles. The van der Waals surface area contributed by atoms with E-state index < -0.39 is 5.95 Å². The summed E-state index contributed by atoms with van der Waals surface area (Å²) in [5, 5.41) is 0. The van der Waals surface area contributed by atoms with Crippen molar-refractivity contribution in [1.29, 1.82) is 0 Å². The van der Waals surface area contributed by atoms with E-state index in [1.165, 1.54) is 18.5 Å². The number of nitrogen functional groups attached to an aromatic ring is 1. The third kappa shape index (κ3) is 2.55. The van der Waals surface area contributed by atoms with Gasteiger partial charge in [0.05, 0.1) is 0 Å². The Bertz CT molecular complexity index is 701. The summed E-state index contributed by atoms with van der Waals surface area (Å²) in [6, 6.07) is 12.7. The number of fused-ring (bicyclic) bond motifs is 2. The van der Waals surface area contributed by atoms with E-state index in [1.807, 2.05) is 12.1 Å². The Balaban J connectivity index is 1.57. The normalized spacial score (nSPS) is 24.2. The molecule has 2 aromatic rings. The highest BCUT2D eigenvalue weighted by molar-refractivity contribution is 5.67. The van der Waals surface area contributed by atoms with Gasteiger partial charge in [-0.25, -0.2) is 4.98 Å². The van der Waals surface area contributed by atoms with Crippen LogP contribution >= 0.6 is 0 Å². The third-order valence-corrected chi connectivity index (χ3v) is 5.26. The first-order valence-corrected chi connectivity index (χ1v) is 8.11. The van der Waals surface area contributed by atoms with Gasteiger partial charge in [-0.1, -0.05) is 12.1 Å². The van der Waals surface area contributed by atoms with Crippen molar-refractivity contribution in [3.05, 3.63) is 42.3 Å². The Morgan fingerprint density at radius 1 is 1.04 bits per heavy atom. The van der Waals surface area contributed by atoms with Crippen LogP contribution in [0.2, 0.25) is 0 Å². The SMILES string of the molecule is CN1C2CCC1CN(c1ccc(-c3ccc(N)nc3F)cc1)C2. The maximum atomic E-state index is 13.9. The van der Waals surface area contributed by atoms with Crippen LogP contribution in [0.3, 0.4) is 0 Å². The van der Waals surface area contributed by atoms with Crippen molar-refractivity contribution >= 4 is 11.5 Å². The van der Waals surface area contributed by atoms with E-state index in [9.17, 15) is 4.39 Å². The molecule has 2 unspecified atom stereocenters. The van der Waals surface area contributed by atoms with E-state index in [0.717, 1.165) is 18.7 Å². The second-order valence-electron chi connectivity index (χ2n) is 6.58. The molecule has 4 nitrogen and oxygen atoms in total. The summed E-state index contributed by atoms with van der Waals surface area (Å²) in [6.07, 6.45) is 2.58. The minimum Gasteiger partial charge on any atom is -0.384 e. The van der Waals surface area contributed by atoms with Crippen molar-refractivity contribution in [2.45, 2.75) is 24.9 Å². The molecule has 1 aromatic heterocycles. The topological polar surface area (TPSA) is 45.4 Å². The van der Waals surface area contributed by atoms with E-state index in [0.29, 0.717) is 17.6 Å². The van der Waals surface area contributed by atoms with Crippen LogP contribution in [0.1, 0.15) is 12.8 Å². The Hall–Kier alpha value is -2.14. The second-order valence-corrected chi connectivity index (χ2v) is 6.58. The molecule has 5 heteroatoms. The zero-order chi connectivity index (χ0) is 16.0. The van der Waals surface area contributed by atoms with Crippen molar-refractivity contribution in [2.75, 3.05) is 30.8 Å². The fourth-order valence-corrected chi connectivity index (χ4v) is 3.84. The number of hydrogen-bond donors (Lipinski definition) is 1. The third-order valence-electron chi connectivity index (χ3n) is 5.26. The lowest BCUT2D eigenvalue weighted by atomic mass is 10.1. The summed E-state index contributed by atoms with van der Waals surface area (Å²) in [5.41, 5.74) is 8.04. The number of rotatable bonds is 2. The lowest BCUT2D eigenvalue weighted by molar-refractivity contribution is 0.212. The highest BCUT2D eigenvalue weighted by Gasteiger charge is 2.37. The fourth-order valence-electron chi connectivity index (χ4n) is 3.84. The number of benzene rings is 1. The minimum absolute atomic E-state index is 0.204. The van der Waals surface area contributed by atoms with Crippen LogP contribution in [0.4, 0.5) is 15.9 Å². The Labute approximate surface area is 135 Å². The number of likely N-dealkylation sites (N-methyl/N-ethyl adjacent to an activating group) is 1. The van der Waals surface area contributed by atoms with Crippen LogP contribution in [0.15, 0.2) is 36.4 Å². The molecule has 23 heavy (non-hydrogen) atoms. The summed E-state index contributed by atoms with van der Waals surface area (Å²) >= 11 is 0. The molecule has 0 spiro atoms. The Morgan fingerprint density at radius 2 is 1.70 bits per heavy atom. The molecule has 2 atom stereocenters. The minimum atomic E-state index is -0.518. The van der Waals surface area contributed by atoms with E-state index in [-0.39, 0.29) is 5.82 Å². The monoisotopic (exact) mass is 312 g/mol. The second kappa shape index (κ2) is 5.49. The van der Waals surface area contributed by atoms with E-state index in [2.05, 4.69) is 34.0 Å². The number of halogens is 1. The predicted molar refractivity (Wildman–Crippen MR) is 90.8 cm³/mol. The zero-order valence-electron chi connectivity index (χ0n) is 13.2. The van der Waals surface area contributed by atoms with Crippen molar-refractivity contribution in [1.82, 2.24) is 9.88 Å². The number of piperazine rings is 1. The van der Waals surface area contributed by atoms with Crippen LogP contribution in [-0.2, 0) is 0 Å². The summed E-state index contributed by atoms with van der Waals surface area (Å²) < 4.78 is 13.9. The van der Waals surface area contributed by atoms with Crippen LogP contribution in [0.5, 0.6) is 0 Å². The Kier molecular flexibility index (Phi) is 3.45. The summed E-state index contributed by atoms with van der Waals surface area (Å²) in [4.78, 5) is 8.66. The van der Waals surface area contributed by atoms with Crippen molar-refractivity contribution in [2.24, 2.45) is 0 Å². The Morgan fingerprint density at radius 3 is 2.30 bits per heavy atom. The number of hydrogen-bond acceptors (Lipinski definition) is 4. The van der Waals surface area contributed by atoms with Crippen molar-refractivity contribution in [3.63, 3.8) is 0 Å². The van der Waals surface area contributed by atoms with Crippen molar-refractivity contribution in [3.8, 4) is 11.1 Å². The smallest absolute Gasteiger partial charge is 0.222 e. The quantitative estimate of drug-likeness (QED) is 0.866. The molecule has 0 aliphatic carbocycles. The molecule has 2 aliphatic heterocycles. The molecule has 1 aromatic carbocycles. The first kappa shape index (κ1) is 14.5. The van der Waals surface area contributed by atoms with Gasteiger partial charge in [0.1, 0.15) is 5.82 Å². The number of pyridine rings is 1. The van der Waals surface area contributed by atoms with Crippen LogP contribution in [0.25, 0.3) is 11.1 Å². The van der Waals surface area contributed by atoms with Crippen LogP contribution in [-0.4, -0.2) is 42.1 Å². The van der Waals surface area contributed by atoms with Gasteiger partial charge in [0.25, 0.3) is 0 Å². The largest absolute Gasteiger partial charge is 0.384 e. The van der Waals surface area contributed by atoms with Crippen LogP contribution in [0, 0.1) is 5.95 Å². The molecule has 2 N–H and O–H groups in total. The molecule has 0 amide bonds. The lowest BCUT2D eigenvalue weighted by Crippen LogP contribution is -2.51. The molecular formula is C18H21FN4. The van der Waals surface area contributed by atoms with Gasteiger partial charge in [0, 0.05) is 36.4 Å². The predicted octanol–water partition coefficient (Wildman–Crippen LogP) is 2.75. The standard InChI is InChI=1S/C18H21FN4/c1-22-14-6-7-15(22)11-23(10-14)13-4-2-12(3-5-13)16-8-9-17(20)21-18(16)19/h2-5,8-9,14-15H,6-7,10-11H2,1H3,(H2,20,21). The molecule has 120 valence electrons. The van der Waals surface area contributed by atoms with Gasteiger partial charge in [0.2, 0.25) is 5.95 Å². The molecule has 2 fully saturated rings. The van der Waals surface area contributed by atoms with Gasteiger partial charge in [-0.15, -0.1) is 0 Å². The van der Waals surface area contributed by atoms with Gasteiger partial charge < -0.3 is 10.6 Å². The van der Waals surface area contributed by atoms with Gasteiger partial charge >= 0.3 is 0 Å². The highest BCUT2D eigenvalue weighted by atomic mass is 19.1. The average Bonchev–Trinajstić information content (AvgIpc) is 2.75. The maximum absolute atomic E-state index is 13.9. The van der Waals surface area contributed by atoms with Gasteiger partial charge in [0.15, 0.2) is 0 Å². The molecule has 2 bridgehead atoms. The summed E-state index contributed by atoms with van der Waals surface area (Å²) in [6.45, 7) is 2.15. The van der Waals surface area contributed by atoms with E-state index in [1.54, 1.807) is 12.1 Å². The first-order chi connectivity index (χ1) is 11.1. The van der Waals surface area contributed by atoms with Crippen molar-refractivity contribution < 1.29 is 4.39 Å². The number of anilines is 2. The molecule has 2 aliphatic rings. The first-order valence-electron chi connectivity index (χ1n) is 8.11. The number of nitrogens with zero attached hydrogens (tertiary/aromatic N) is 3. The highest BCUT2D eigenvalue weighted by Crippen LogP contribution is 2.32. The van der Waals surface area contributed by atoms with Gasteiger partial charge in [-0.05, 0) is 49.7 Å². The summed E-state index contributed by atoms with van der Waals surface area (Å²) in [7, 11) is 2.24. The molecular weight excluding hydrogens is 291 g/mol. The molecule has 4 rings (SSSR count). The van der Waals surface area contributed by atoms with Gasteiger partial charge in [-0.2, -0.15) is 4.39 Å².